The summed E-state index contributed by atoms with van der Waals surface area (Å²) < 4.78 is 9.35. The number of Topliss-reactive ketones (excluding diaryl/α,β-unsaturated/α-hetero) is 1. The quantitative estimate of drug-likeness (QED) is 0.0938. The number of aryl methyl sites for hydroxylation is 4. The van der Waals surface area contributed by atoms with E-state index in [1.165, 1.54) is 22.8 Å². The summed E-state index contributed by atoms with van der Waals surface area (Å²) in [7, 11) is 0. The largest absolute Gasteiger partial charge is 0.465 e. The van der Waals surface area contributed by atoms with Crippen molar-refractivity contribution in [2.75, 3.05) is 6.61 Å². The maximum Gasteiger partial charge on any atom is 0.327 e. The summed E-state index contributed by atoms with van der Waals surface area (Å²) in [6, 6.07) is 11.7. The third kappa shape index (κ3) is 4.93. The zero-order valence-electron chi connectivity index (χ0n) is 21.4. The van der Waals surface area contributed by atoms with Crippen molar-refractivity contribution < 1.29 is 14.3 Å². The number of ether oxygens (including phenoxy) is 1. The normalized spacial score (nSPS) is 12.1. The van der Waals surface area contributed by atoms with Crippen molar-refractivity contribution in [1.82, 2.24) is 14.1 Å². The Morgan fingerprint density at radius 1 is 1.00 bits per heavy atom. The fourth-order valence-corrected chi connectivity index (χ4v) is 6.58. The molecule has 0 saturated carbocycles. The number of hydrogen-bond acceptors (Lipinski definition) is 8. The van der Waals surface area contributed by atoms with Crippen molar-refractivity contribution >= 4 is 57.4 Å². The van der Waals surface area contributed by atoms with E-state index in [9.17, 15) is 14.4 Å². The topological polar surface area (TPSA) is 83.2 Å². The molecule has 0 aliphatic rings. The number of fused-ring (bicyclic) bond motifs is 1. The Kier molecular flexibility index (Phi) is 7.82. The summed E-state index contributed by atoms with van der Waals surface area (Å²) in [5.74, 6) is -1.05. The second kappa shape index (κ2) is 10.7. The lowest BCUT2D eigenvalue weighted by molar-refractivity contribution is -0.144. The smallest absolute Gasteiger partial charge is 0.327 e. The van der Waals surface area contributed by atoms with Crippen LogP contribution in [0.25, 0.3) is 21.7 Å². The van der Waals surface area contributed by atoms with Gasteiger partial charge in [0.1, 0.15) is 4.70 Å². The third-order valence-corrected chi connectivity index (χ3v) is 8.59. The number of carbonyl (C=O) groups excluding carboxylic acids is 2. The van der Waals surface area contributed by atoms with Gasteiger partial charge in [0.05, 0.1) is 18.0 Å². The van der Waals surface area contributed by atoms with Crippen molar-refractivity contribution in [1.29, 1.82) is 0 Å². The average Bonchev–Trinajstić information content (AvgIpc) is 3.14. The zero-order chi connectivity index (χ0) is 27.0. The Labute approximate surface area is 228 Å². The molecule has 0 amide bonds. The summed E-state index contributed by atoms with van der Waals surface area (Å²) in [5.41, 5.74) is 5.30. The highest BCUT2D eigenvalue weighted by atomic mass is 32.2. The molecule has 192 valence electrons. The van der Waals surface area contributed by atoms with Gasteiger partial charge in [-0.25, -0.2) is 4.98 Å². The molecule has 37 heavy (non-hydrogen) atoms. The maximum absolute atomic E-state index is 14.1. The number of carbonyl (C=O) groups is 2. The van der Waals surface area contributed by atoms with E-state index < -0.39 is 11.2 Å². The standard InChI is InChI=1S/C27H27N3O4S3/c1-7-34-25(33)21(18(6)31)36-26-28-23-22(24(32)30(26)20-16(4)12-9-13-17(20)5)37-27(35)29(23)19-14(2)10-8-11-15(19)3/h8-13,21H,7H2,1-6H3/t21-/m0/s1. The van der Waals surface area contributed by atoms with Crippen molar-refractivity contribution in [2.45, 2.75) is 51.9 Å². The highest BCUT2D eigenvalue weighted by molar-refractivity contribution is 8.01. The lowest BCUT2D eigenvalue weighted by Crippen LogP contribution is -2.30. The first-order valence-corrected chi connectivity index (χ1v) is 13.8. The Morgan fingerprint density at radius 2 is 1.51 bits per heavy atom. The second-order valence-corrected chi connectivity index (χ2v) is 11.4. The molecule has 0 unspecified atom stereocenters. The zero-order valence-corrected chi connectivity index (χ0v) is 23.9. The predicted molar refractivity (Wildman–Crippen MR) is 151 cm³/mol. The number of para-hydroxylation sites is 2. The molecule has 0 fully saturated rings. The third-order valence-electron chi connectivity index (χ3n) is 6.00. The molecular formula is C27H27N3O4S3. The van der Waals surface area contributed by atoms with Crippen LogP contribution in [-0.4, -0.2) is 37.7 Å². The summed E-state index contributed by atoms with van der Waals surface area (Å²) in [5, 5.41) is -0.953. The molecule has 0 aliphatic carbocycles. The number of aromatic nitrogens is 3. The van der Waals surface area contributed by atoms with E-state index in [1.54, 1.807) is 6.92 Å². The number of thiazole rings is 1. The van der Waals surface area contributed by atoms with E-state index in [0.29, 0.717) is 20.0 Å². The Hall–Kier alpha value is -3.08. The monoisotopic (exact) mass is 553 g/mol. The van der Waals surface area contributed by atoms with Crippen molar-refractivity contribution in [2.24, 2.45) is 0 Å². The minimum Gasteiger partial charge on any atom is -0.465 e. The number of hydrogen-bond donors (Lipinski definition) is 0. The molecule has 0 saturated heterocycles. The Balaban J connectivity index is 2.11. The highest BCUT2D eigenvalue weighted by Crippen LogP contribution is 2.33. The van der Waals surface area contributed by atoms with Gasteiger partial charge in [-0.15, -0.1) is 0 Å². The van der Waals surface area contributed by atoms with Gasteiger partial charge < -0.3 is 4.74 Å². The second-order valence-electron chi connectivity index (χ2n) is 8.73. The molecule has 0 N–H and O–H groups in total. The SMILES string of the molecule is CCOC(=O)[C@@H](Sc1nc2c(sc(=S)n2-c2c(C)cccc2C)c(=O)n1-c1c(C)cccc1C)C(C)=O. The molecule has 2 heterocycles. The van der Waals surface area contributed by atoms with E-state index in [-0.39, 0.29) is 23.1 Å². The van der Waals surface area contributed by atoms with E-state index in [0.717, 1.165) is 39.7 Å². The molecule has 0 radical (unpaired) electrons. The van der Waals surface area contributed by atoms with Gasteiger partial charge in [0, 0.05) is 0 Å². The number of nitrogens with zero attached hydrogens (tertiary/aromatic N) is 3. The highest BCUT2D eigenvalue weighted by Gasteiger charge is 2.30. The van der Waals surface area contributed by atoms with Crippen molar-refractivity contribution in [3.63, 3.8) is 0 Å². The van der Waals surface area contributed by atoms with Gasteiger partial charge >= 0.3 is 5.97 Å². The number of ketones is 1. The van der Waals surface area contributed by atoms with Crippen LogP contribution >= 0.6 is 35.3 Å². The van der Waals surface area contributed by atoms with Gasteiger partial charge in [0.2, 0.25) is 0 Å². The van der Waals surface area contributed by atoms with Gasteiger partial charge in [-0.3, -0.25) is 23.5 Å². The number of rotatable bonds is 7. The first kappa shape index (κ1) is 27.0. The number of benzene rings is 2. The van der Waals surface area contributed by atoms with Gasteiger partial charge in [-0.05, 0) is 76.0 Å². The van der Waals surface area contributed by atoms with Crippen LogP contribution in [0.1, 0.15) is 36.1 Å². The van der Waals surface area contributed by atoms with Crippen LogP contribution in [0.2, 0.25) is 0 Å². The number of thioether (sulfide) groups is 1. The van der Waals surface area contributed by atoms with Gasteiger partial charge in [-0.2, -0.15) is 0 Å². The fourth-order valence-electron chi connectivity index (χ4n) is 4.35. The summed E-state index contributed by atoms with van der Waals surface area (Å²) in [6.45, 7) is 10.9. The summed E-state index contributed by atoms with van der Waals surface area (Å²) in [4.78, 5) is 44.3. The molecule has 1 atom stereocenters. The minimum absolute atomic E-state index is 0.135. The van der Waals surface area contributed by atoms with Crippen LogP contribution in [-0.2, 0) is 14.3 Å². The van der Waals surface area contributed by atoms with E-state index in [2.05, 4.69) is 0 Å². The molecule has 0 spiro atoms. The van der Waals surface area contributed by atoms with Gasteiger partial charge in [-0.1, -0.05) is 59.5 Å². The van der Waals surface area contributed by atoms with E-state index in [1.807, 2.05) is 68.7 Å². The number of esters is 1. The van der Waals surface area contributed by atoms with Crippen LogP contribution in [0, 0.1) is 31.6 Å². The first-order chi connectivity index (χ1) is 17.6. The van der Waals surface area contributed by atoms with Crippen LogP contribution in [0.5, 0.6) is 0 Å². The van der Waals surface area contributed by atoms with Gasteiger partial charge in [0.25, 0.3) is 5.56 Å². The Morgan fingerprint density at radius 3 is 2.00 bits per heavy atom. The molecule has 0 aliphatic heterocycles. The predicted octanol–water partition coefficient (Wildman–Crippen LogP) is 5.81. The van der Waals surface area contributed by atoms with Gasteiger partial charge in [0.15, 0.2) is 25.8 Å². The maximum atomic E-state index is 14.1. The molecule has 4 rings (SSSR count). The molecule has 7 nitrogen and oxygen atoms in total. The lowest BCUT2D eigenvalue weighted by atomic mass is 10.1. The van der Waals surface area contributed by atoms with Crippen LogP contribution in [0.4, 0.5) is 0 Å². The first-order valence-electron chi connectivity index (χ1n) is 11.7. The van der Waals surface area contributed by atoms with Crippen molar-refractivity contribution in [3.8, 4) is 11.4 Å². The molecule has 4 aromatic rings. The van der Waals surface area contributed by atoms with Crippen LogP contribution in [0.15, 0.2) is 46.3 Å². The summed E-state index contributed by atoms with van der Waals surface area (Å²) in [6.07, 6.45) is 0. The molecule has 2 aromatic carbocycles. The van der Waals surface area contributed by atoms with Crippen LogP contribution < -0.4 is 5.56 Å². The lowest BCUT2D eigenvalue weighted by Gasteiger charge is -2.19. The molecule has 10 heteroatoms. The minimum atomic E-state index is -1.17. The molecular weight excluding hydrogens is 527 g/mol. The van der Waals surface area contributed by atoms with E-state index >= 15 is 0 Å². The average molecular weight is 554 g/mol. The van der Waals surface area contributed by atoms with Crippen LogP contribution in [0.3, 0.4) is 0 Å². The summed E-state index contributed by atoms with van der Waals surface area (Å²) >= 11 is 7.85. The molecule has 0 bridgehead atoms. The fraction of sp³-hybridized carbons (Fsp3) is 0.296. The molecule has 2 aromatic heterocycles. The Bertz CT molecular complexity index is 1630. The van der Waals surface area contributed by atoms with Crippen molar-refractivity contribution in [3.05, 3.63) is 73.0 Å². The van der Waals surface area contributed by atoms with E-state index in [4.69, 9.17) is 21.9 Å².